The van der Waals surface area contributed by atoms with Crippen LogP contribution in [0.2, 0.25) is 0 Å². The maximum Gasteiger partial charge on any atom is 0.335 e. The Morgan fingerprint density at radius 3 is 2.42 bits per heavy atom. The lowest BCUT2D eigenvalue weighted by Crippen LogP contribution is -2.61. The van der Waals surface area contributed by atoms with Crippen molar-refractivity contribution in [3.63, 3.8) is 0 Å². The topological polar surface area (TPSA) is 175 Å². The number of rotatable bonds is 14. The van der Waals surface area contributed by atoms with Gasteiger partial charge in [0.2, 0.25) is 6.29 Å². The van der Waals surface area contributed by atoms with E-state index in [1.807, 2.05) is 6.92 Å². The molecule has 6 N–H and O–H groups in total. The molecule has 1 heterocycles. The number of ether oxygens (including phenoxy) is 3. The van der Waals surface area contributed by atoms with Crippen LogP contribution >= 0.6 is 0 Å². The summed E-state index contributed by atoms with van der Waals surface area (Å²) in [6, 6.07) is 13.4. The van der Waals surface area contributed by atoms with Crippen LogP contribution in [0.15, 0.2) is 48.5 Å². The Balaban J connectivity index is 1.53. The summed E-state index contributed by atoms with van der Waals surface area (Å²) >= 11 is 0. The maximum absolute atomic E-state index is 12.9. The van der Waals surface area contributed by atoms with E-state index in [-0.39, 0.29) is 24.6 Å². The van der Waals surface area contributed by atoms with Gasteiger partial charge in [-0.3, -0.25) is 4.79 Å². The SMILES string of the molecule is CCCNC[C@H](O)COc1ccccc1C(=O)CCc1ccc(OC2OC(C(=O)O)C(O)C(O)C2O)cc1. The summed E-state index contributed by atoms with van der Waals surface area (Å²) in [6.45, 7) is 3.30. The lowest BCUT2D eigenvalue weighted by molar-refractivity contribution is -0.271. The van der Waals surface area contributed by atoms with Gasteiger partial charge in [0.1, 0.15) is 42.5 Å². The van der Waals surface area contributed by atoms with Crippen LogP contribution in [0.3, 0.4) is 0 Å². The van der Waals surface area contributed by atoms with E-state index < -0.39 is 42.8 Å². The summed E-state index contributed by atoms with van der Waals surface area (Å²) in [4.78, 5) is 24.1. The van der Waals surface area contributed by atoms with Crippen molar-refractivity contribution in [1.82, 2.24) is 5.32 Å². The summed E-state index contributed by atoms with van der Waals surface area (Å²) in [5.74, 6) is -0.967. The van der Waals surface area contributed by atoms with Crippen molar-refractivity contribution in [2.75, 3.05) is 19.7 Å². The lowest BCUT2D eigenvalue weighted by atomic mass is 9.99. The number of carbonyl (C=O) groups is 2. The predicted molar refractivity (Wildman–Crippen MR) is 135 cm³/mol. The number of para-hydroxylation sites is 1. The molecular formula is C27H35NO10. The summed E-state index contributed by atoms with van der Waals surface area (Å²) in [5.41, 5.74) is 1.25. The Labute approximate surface area is 220 Å². The zero-order valence-electron chi connectivity index (χ0n) is 21.1. The Morgan fingerprint density at radius 1 is 1.03 bits per heavy atom. The first-order chi connectivity index (χ1) is 18.2. The van der Waals surface area contributed by atoms with Gasteiger partial charge in [-0.2, -0.15) is 0 Å². The molecule has 208 valence electrons. The normalized spacial score (nSPS) is 24.0. The summed E-state index contributed by atoms with van der Waals surface area (Å²) in [5, 5.41) is 52.1. The highest BCUT2D eigenvalue weighted by atomic mass is 16.7. The summed E-state index contributed by atoms with van der Waals surface area (Å²) in [7, 11) is 0. The largest absolute Gasteiger partial charge is 0.490 e. The van der Waals surface area contributed by atoms with E-state index in [1.165, 1.54) is 0 Å². The van der Waals surface area contributed by atoms with E-state index >= 15 is 0 Å². The number of aryl methyl sites for hydroxylation is 1. The molecule has 0 radical (unpaired) electrons. The molecule has 0 aliphatic carbocycles. The quantitative estimate of drug-likeness (QED) is 0.147. The number of nitrogens with one attached hydrogen (secondary N) is 1. The van der Waals surface area contributed by atoms with Gasteiger partial charge in [-0.1, -0.05) is 31.2 Å². The number of aliphatic hydroxyl groups excluding tert-OH is 4. The van der Waals surface area contributed by atoms with Crippen LogP contribution in [0.25, 0.3) is 0 Å². The third kappa shape index (κ3) is 7.97. The van der Waals surface area contributed by atoms with E-state index in [9.17, 15) is 30.0 Å². The van der Waals surface area contributed by atoms with Gasteiger partial charge in [0.05, 0.1) is 5.56 Å². The minimum absolute atomic E-state index is 0.0606. The minimum atomic E-state index is -1.80. The van der Waals surface area contributed by atoms with Gasteiger partial charge in [0.25, 0.3) is 0 Å². The van der Waals surface area contributed by atoms with Crippen molar-refractivity contribution in [3.8, 4) is 11.5 Å². The molecule has 6 atom stereocenters. The van der Waals surface area contributed by atoms with Crippen molar-refractivity contribution >= 4 is 11.8 Å². The first kappa shape index (κ1) is 29.5. The van der Waals surface area contributed by atoms with Crippen molar-refractivity contribution < 1.29 is 49.3 Å². The molecule has 0 saturated carbocycles. The summed E-state index contributed by atoms with van der Waals surface area (Å²) in [6.07, 6.45) is -7.58. The standard InChI is InChI=1S/C27H35NO10/c1-2-13-28-14-17(29)15-36-21-6-4-3-5-19(21)20(30)12-9-16-7-10-18(11-8-16)37-27-24(33)22(31)23(32)25(38-27)26(34)35/h3-8,10-11,17,22-25,27-29,31-33H,2,9,12-15H2,1H3,(H,34,35)/t17-,22?,23?,24?,25?,27?/m0/s1. The van der Waals surface area contributed by atoms with Gasteiger partial charge < -0.3 is 45.1 Å². The van der Waals surface area contributed by atoms with Gasteiger partial charge in [-0.25, -0.2) is 4.79 Å². The molecule has 3 rings (SSSR count). The van der Waals surface area contributed by atoms with Crippen molar-refractivity contribution in [3.05, 3.63) is 59.7 Å². The number of hydrogen-bond donors (Lipinski definition) is 6. The molecule has 11 heteroatoms. The average Bonchev–Trinajstić information content (AvgIpc) is 2.91. The summed E-state index contributed by atoms with van der Waals surface area (Å²) < 4.78 is 16.3. The fourth-order valence-corrected chi connectivity index (χ4v) is 3.92. The Kier molecular flexibility index (Phi) is 11.0. The number of carboxylic acid groups (broad SMARTS) is 1. The highest BCUT2D eigenvalue weighted by Gasteiger charge is 2.48. The second kappa shape index (κ2) is 14.2. The number of ketones is 1. The Bertz CT molecular complexity index is 1050. The highest BCUT2D eigenvalue weighted by Crippen LogP contribution is 2.26. The number of aliphatic carboxylic acids is 1. The van der Waals surface area contributed by atoms with Crippen molar-refractivity contribution in [1.29, 1.82) is 0 Å². The molecule has 0 aromatic heterocycles. The first-order valence-electron chi connectivity index (χ1n) is 12.5. The number of Topliss-reactive ketones (excluding diaryl/α,β-unsaturated/α-hetero) is 1. The first-order valence-corrected chi connectivity index (χ1v) is 12.5. The second-order valence-corrected chi connectivity index (χ2v) is 9.09. The minimum Gasteiger partial charge on any atom is -0.490 e. The van der Waals surface area contributed by atoms with Crippen LogP contribution in [0, 0.1) is 0 Å². The highest BCUT2D eigenvalue weighted by molar-refractivity contribution is 5.98. The molecule has 1 fully saturated rings. The number of carbonyl (C=O) groups excluding carboxylic acids is 1. The Morgan fingerprint density at radius 2 is 1.74 bits per heavy atom. The van der Waals surface area contributed by atoms with E-state index in [0.29, 0.717) is 24.3 Å². The number of aliphatic hydroxyl groups is 4. The zero-order chi connectivity index (χ0) is 27.7. The molecule has 0 spiro atoms. The monoisotopic (exact) mass is 533 g/mol. The van der Waals surface area contributed by atoms with Gasteiger partial charge in [0, 0.05) is 13.0 Å². The fourth-order valence-electron chi connectivity index (χ4n) is 3.92. The van der Waals surface area contributed by atoms with Gasteiger partial charge in [0.15, 0.2) is 11.9 Å². The van der Waals surface area contributed by atoms with E-state index in [1.54, 1.807) is 48.5 Å². The van der Waals surface area contributed by atoms with Crippen LogP contribution in [0.1, 0.15) is 35.7 Å². The van der Waals surface area contributed by atoms with Crippen molar-refractivity contribution in [2.45, 2.75) is 63.0 Å². The van der Waals surface area contributed by atoms with E-state index in [0.717, 1.165) is 18.5 Å². The molecule has 38 heavy (non-hydrogen) atoms. The molecule has 1 aliphatic heterocycles. The molecule has 5 unspecified atom stereocenters. The molecular weight excluding hydrogens is 498 g/mol. The van der Waals surface area contributed by atoms with Crippen LogP contribution in [-0.2, 0) is 16.0 Å². The third-order valence-corrected chi connectivity index (χ3v) is 6.05. The van der Waals surface area contributed by atoms with E-state index in [2.05, 4.69) is 5.32 Å². The molecule has 2 aromatic rings. The van der Waals surface area contributed by atoms with Crippen LogP contribution in [0.5, 0.6) is 11.5 Å². The molecule has 11 nitrogen and oxygen atoms in total. The second-order valence-electron chi connectivity index (χ2n) is 9.09. The molecule has 0 amide bonds. The third-order valence-electron chi connectivity index (χ3n) is 6.05. The smallest absolute Gasteiger partial charge is 0.335 e. The lowest BCUT2D eigenvalue weighted by Gasteiger charge is -2.38. The maximum atomic E-state index is 12.9. The van der Waals surface area contributed by atoms with Crippen LogP contribution < -0.4 is 14.8 Å². The number of hydrogen-bond acceptors (Lipinski definition) is 10. The predicted octanol–water partition coefficient (Wildman–Crippen LogP) is 0.512. The molecule has 2 aromatic carbocycles. The fraction of sp³-hybridized carbons (Fsp3) is 0.481. The average molecular weight is 534 g/mol. The van der Waals surface area contributed by atoms with Crippen LogP contribution in [-0.4, -0.2) is 93.8 Å². The van der Waals surface area contributed by atoms with E-state index in [4.69, 9.17) is 19.3 Å². The molecule has 1 saturated heterocycles. The number of carboxylic acids is 1. The van der Waals surface area contributed by atoms with Crippen molar-refractivity contribution in [2.24, 2.45) is 0 Å². The van der Waals surface area contributed by atoms with Gasteiger partial charge in [-0.15, -0.1) is 0 Å². The number of benzene rings is 2. The molecule has 0 bridgehead atoms. The zero-order valence-corrected chi connectivity index (χ0v) is 21.1. The van der Waals surface area contributed by atoms with Gasteiger partial charge in [-0.05, 0) is 49.2 Å². The van der Waals surface area contributed by atoms with Crippen LogP contribution in [0.4, 0.5) is 0 Å². The van der Waals surface area contributed by atoms with Gasteiger partial charge >= 0.3 is 5.97 Å². The molecule has 1 aliphatic rings. The Hall–Kier alpha value is -3.06.